The summed E-state index contributed by atoms with van der Waals surface area (Å²) in [5.41, 5.74) is 2.80. The molecule has 2 aromatic heterocycles. The van der Waals surface area contributed by atoms with Crippen LogP contribution in [0.4, 0.5) is 0 Å². The predicted octanol–water partition coefficient (Wildman–Crippen LogP) is 3.51. The van der Waals surface area contributed by atoms with Crippen LogP contribution in [-0.4, -0.2) is 36.6 Å². The lowest BCUT2D eigenvalue weighted by molar-refractivity contribution is -0.121. The molecule has 3 aromatic rings. The van der Waals surface area contributed by atoms with E-state index in [1.54, 1.807) is 31.8 Å². The first-order valence-corrected chi connectivity index (χ1v) is 9.91. The summed E-state index contributed by atoms with van der Waals surface area (Å²) in [4.78, 5) is 21.0. The Kier molecular flexibility index (Phi) is 6.97. The number of nitrogens with zero attached hydrogens (tertiary/aromatic N) is 2. The number of carbonyl (C=O) groups is 1. The van der Waals surface area contributed by atoms with Crippen LogP contribution in [0.15, 0.2) is 48.0 Å². The van der Waals surface area contributed by atoms with Gasteiger partial charge in [0.05, 0.1) is 25.6 Å². The summed E-state index contributed by atoms with van der Waals surface area (Å²) >= 11 is 1.55. The molecule has 2 heterocycles. The number of carbonyl (C=O) groups excluding carboxylic acids is 1. The first kappa shape index (κ1) is 19.8. The van der Waals surface area contributed by atoms with Crippen LogP contribution in [0.3, 0.4) is 0 Å². The number of thiazole rings is 1. The van der Waals surface area contributed by atoms with Crippen molar-refractivity contribution in [3.8, 4) is 22.2 Å². The molecule has 1 aromatic carbocycles. The summed E-state index contributed by atoms with van der Waals surface area (Å²) in [5, 5.41) is 5.82. The number of methoxy groups -OCH3 is 2. The minimum Gasteiger partial charge on any atom is -0.497 e. The van der Waals surface area contributed by atoms with E-state index in [-0.39, 0.29) is 5.91 Å². The standard InChI is InChI=1S/C21H23N3O3S/c1-26-17-8-6-15(19(13-17)27-2)10-12-23-20(25)9-7-16-14-28-21(24-16)18-5-3-4-11-22-18/h3-6,8,11,13-14H,7,9-10,12H2,1-2H3,(H,23,25). The Morgan fingerprint density at radius 3 is 2.79 bits per heavy atom. The third-order valence-corrected chi connectivity index (χ3v) is 5.17. The average molecular weight is 398 g/mol. The zero-order chi connectivity index (χ0) is 19.8. The van der Waals surface area contributed by atoms with Crippen LogP contribution in [-0.2, 0) is 17.6 Å². The van der Waals surface area contributed by atoms with E-state index in [1.807, 2.05) is 41.8 Å². The van der Waals surface area contributed by atoms with Crippen molar-refractivity contribution < 1.29 is 14.3 Å². The van der Waals surface area contributed by atoms with Gasteiger partial charge in [-0.3, -0.25) is 9.78 Å². The number of hydrogen-bond acceptors (Lipinski definition) is 6. The Balaban J connectivity index is 1.45. The van der Waals surface area contributed by atoms with Crippen molar-refractivity contribution in [2.24, 2.45) is 0 Å². The molecule has 0 saturated heterocycles. The van der Waals surface area contributed by atoms with Crippen LogP contribution < -0.4 is 14.8 Å². The lowest BCUT2D eigenvalue weighted by atomic mass is 10.1. The van der Waals surface area contributed by atoms with E-state index in [0.717, 1.165) is 33.5 Å². The quantitative estimate of drug-likeness (QED) is 0.598. The van der Waals surface area contributed by atoms with E-state index in [2.05, 4.69) is 15.3 Å². The number of benzene rings is 1. The second-order valence-electron chi connectivity index (χ2n) is 6.14. The maximum absolute atomic E-state index is 12.1. The maximum atomic E-state index is 12.1. The Labute approximate surface area is 168 Å². The third-order valence-electron chi connectivity index (χ3n) is 4.25. The van der Waals surface area contributed by atoms with Crippen LogP contribution in [0.5, 0.6) is 11.5 Å². The first-order chi connectivity index (χ1) is 13.7. The van der Waals surface area contributed by atoms with Gasteiger partial charge in [-0.2, -0.15) is 0 Å². The molecule has 0 fully saturated rings. The highest BCUT2D eigenvalue weighted by Gasteiger charge is 2.09. The fourth-order valence-electron chi connectivity index (χ4n) is 2.75. The Morgan fingerprint density at radius 2 is 2.04 bits per heavy atom. The zero-order valence-electron chi connectivity index (χ0n) is 16.0. The molecule has 0 spiro atoms. The van der Waals surface area contributed by atoms with Gasteiger partial charge in [0.1, 0.15) is 16.5 Å². The van der Waals surface area contributed by atoms with Gasteiger partial charge in [-0.1, -0.05) is 12.1 Å². The molecule has 7 heteroatoms. The van der Waals surface area contributed by atoms with Gasteiger partial charge in [0.25, 0.3) is 0 Å². The van der Waals surface area contributed by atoms with Crippen molar-refractivity contribution in [2.45, 2.75) is 19.3 Å². The summed E-state index contributed by atoms with van der Waals surface area (Å²) < 4.78 is 10.6. The molecule has 0 saturated carbocycles. The highest BCUT2D eigenvalue weighted by Crippen LogP contribution is 2.25. The van der Waals surface area contributed by atoms with Gasteiger partial charge >= 0.3 is 0 Å². The first-order valence-electron chi connectivity index (χ1n) is 9.03. The number of ether oxygens (including phenoxy) is 2. The largest absolute Gasteiger partial charge is 0.497 e. The van der Waals surface area contributed by atoms with Crippen LogP contribution in [0.1, 0.15) is 17.7 Å². The molecule has 0 aliphatic rings. The van der Waals surface area contributed by atoms with E-state index in [0.29, 0.717) is 25.8 Å². The summed E-state index contributed by atoms with van der Waals surface area (Å²) in [5.74, 6) is 1.52. The number of amides is 1. The molecule has 1 N–H and O–H groups in total. The molecule has 0 aliphatic carbocycles. The van der Waals surface area contributed by atoms with Crippen molar-refractivity contribution in [1.82, 2.24) is 15.3 Å². The van der Waals surface area contributed by atoms with Crippen LogP contribution in [0.25, 0.3) is 10.7 Å². The van der Waals surface area contributed by atoms with Crippen molar-refractivity contribution in [2.75, 3.05) is 20.8 Å². The highest BCUT2D eigenvalue weighted by molar-refractivity contribution is 7.13. The van der Waals surface area contributed by atoms with Gasteiger partial charge in [-0.25, -0.2) is 4.98 Å². The molecular formula is C21H23N3O3S. The fraction of sp³-hybridized carbons (Fsp3) is 0.286. The minimum atomic E-state index is 0.0138. The number of aromatic nitrogens is 2. The summed E-state index contributed by atoms with van der Waals surface area (Å²) in [6.07, 6.45) is 3.47. The zero-order valence-corrected chi connectivity index (χ0v) is 16.8. The highest BCUT2D eigenvalue weighted by atomic mass is 32.1. The van der Waals surface area contributed by atoms with Gasteiger partial charge in [0.2, 0.25) is 5.91 Å². The van der Waals surface area contributed by atoms with Gasteiger partial charge in [0.15, 0.2) is 0 Å². The second-order valence-corrected chi connectivity index (χ2v) is 6.99. The molecule has 3 rings (SSSR count). The third kappa shape index (κ3) is 5.29. The summed E-state index contributed by atoms with van der Waals surface area (Å²) in [6.45, 7) is 0.553. The summed E-state index contributed by atoms with van der Waals surface area (Å²) in [7, 11) is 3.25. The van der Waals surface area contributed by atoms with Crippen LogP contribution in [0, 0.1) is 0 Å². The van der Waals surface area contributed by atoms with Crippen molar-refractivity contribution in [3.63, 3.8) is 0 Å². The van der Waals surface area contributed by atoms with E-state index in [9.17, 15) is 4.79 Å². The van der Waals surface area contributed by atoms with Crippen molar-refractivity contribution in [1.29, 1.82) is 0 Å². The van der Waals surface area contributed by atoms with Crippen molar-refractivity contribution in [3.05, 3.63) is 59.2 Å². The molecule has 0 bridgehead atoms. The van der Waals surface area contributed by atoms with Gasteiger partial charge < -0.3 is 14.8 Å². The number of nitrogens with one attached hydrogen (secondary N) is 1. The van der Waals surface area contributed by atoms with Crippen LogP contribution >= 0.6 is 11.3 Å². The molecular weight excluding hydrogens is 374 g/mol. The average Bonchev–Trinajstić information content (AvgIpc) is 3.22. The van der Waals surface area contributed by atoms with E-state index < -0.39 is 0 Å². The normalized spacial score (nSPS) is 10.5. The van der Waals surface area contributed by atoms with E-state index >= 15 is 0 Å². The topological polar surface area (TPSA) is 73.3 Å². The number of pyridine rings is 1. The lowest BCUT2D eigenvalue weighted by Crippen LogP contribution is -2.26. The van der Waals surface area contributed by atoms with Crippen LogP contribution in [0.2, 0.25) is 0 Å². The summed E-state index contributed by atoms with van der Waals surface area (Å²) in [6, 6.07) is 11.4. The molecule has 28 heavy (non-hydrogen) atoms. The lowest BCUT2D eigenvalue weighted by Gasteiger charge is -2.11. The maximum Gasteiger partial charge on any atom is 0.220 e. The SMILES string of the molecule is COc1ccc(CCNC(=O)CCc2csc(-c3ccccn3)n2)c(OC)c1. The fourth-order valence-corrected chi connectivity index (χ4v) is 3.58. The Hall–Kier alpha value is -2.93. The Morgan fingerprint density at radius 1 is 1.14 bits per heavy atom. The monoisotopic (exact) mass is 397 g/mol. The molecule has 146 valence electrons. The van der Waals surface area contributed by atoms with E-state index in [4.69, 9.17) is 9.47 Å². The Bertz CT molecular complexity index is 912. The van der Waals surface area contributed by atoms with E-state index in [1.165, 1.54) is 0 Å². The molecule has 0 unspecified atom stereocenters. The number of rotatable bonds is 9. The molecule has 6 nitrogen and oxygen atoms in total. The molecule has 0 atom stereocenters. The van der Waals surface area contributed by atoms with Crippen molar-refractivity contribution >= 4 is 17.2 Å². The minimum absolute atomic E-state index is 0.0138. The number of hydrogen-bond donors (Lipinski definition) is 1. The number of aryl methyl sites for hydroxylation is 1. The second kappa shape index (κ2) is 9.85. The smallest absolute Gasteiger partial charge is 0.220 e. The van der Waals surface area contributed by atoms with Gasteiger partial charge in [-0.05, 0) is 36.6 Å². The van der Waals surface area contributed by atoms with Gasteiger partial charge in [-0.15, -0.1) is 11.3 Å². The molecule has 0 radical (unpaired) electrons. The van der Waals surface area contributed by atoms with Gasteiger partial charge in [0, 0.05) is 30.6 Å². The predicted molar refractivity (Wildman–Crippen MR) is 110 cm³/mol. The molecule has 0 aliphatic heterocycles. The molecule has 1 amide bonds.